The summed E-state index contributed by atoms with van der Waals surface area (Å²) >= 11 is 0. The maximum atomic E-state index is 10.9. The minimum atomic E-state index is -0.647. The number of benzene rings is 1. The van der Waals surface area contributed by atoms with Crippen LogP contribution in [0, 0.1) is 10.1 Å². The fourth-order valence-electron chi connectivity index (χ4n) is 1.54. The van der Waals surface area contributed by atoms with E-state index < -0.39 is 10.8 Å². The largest absolute Gasteiger partial charge is 0.366 e. The van der Waals surface area contributed by atoms with Gasteiger partial charge in [0.1, 0.15) is 0 Å². The molecule has 0 unspecified atom stereocenters. The number of hydrogen-bond donors (Lipinski definition) is 1. The van der Waals surface area contributed by atoms with Crippen molar-refractivity contribution in [3.63, 3.8) is 0 Å². The van der Waals surface area contributed by atoms with Crippen molar-refractivity contribution in [2.45, 2.75) is 0 Å². The van der Waals surface area contributed by atoms with Crippen LogP contribution in [-0.2, 0) is 0 Å². The number of carbonyl (C=O) groups excluding carboxylic acids is 2. The van der Waals surface area contributed by atoms with Gasteiger partial charge in [-0.2, -0.15) is 5.10 Å². The highest BCUT2D eigenvalue weighted by Crippen LogP contribution is 2.20. The highest BCUT2D eigenvalue weighted by Gasteiger charge is 2.14. The molecule has 0 saturated heterocycles. The topological polar surface area (TPSA) is 121 Å². The van der Waals surface area contributed by atoms with E-state index in [1.165, 1.54) is 35.3 Å². The number of nitro benzene ring substituents is 1. The number of aldehydes is 1. The molecule has 1 amide bonds. The van der Waals surface area contributed by atoms with Crippen molar-refractivity contribution >= 4 is 17.9 Å². The average Bonchev–Trinajstić information content (AvgIpc) is 2.87. The van der Waals surface area contributed by atoms with Crippen LogP contribution in [0.5, 0.6) is 0 Å². The Hall–Kier alpha value is -3.03. The molecule has 8 heteroatoms. The minimum Gasteiger partial charge on any atom is -0.366 e. The normalized spacial score (nSPS) is 10.1. The van der Waals surface area contributed by atoms with Gasteiger partial charge in [-0.15, -0.1) is 0 Å². The van der Waals surface area contributed by atoms with Crippen molar-refractivity contribution in [2.24, 2.45) is 5.73 Å². The lowest BCUT2D eigenvalue weighted by Crippen LogP contribution is -2.09. The first-order valence-corrected chi connectivity index (χ1v) is 5.11. The summed E-state index contributed by atoms with van der Waals surface area (Å²) in [6.07, 6.45) is 3.03. The number of aromatic nitrogens is 2. The van der Waals surface area contributed by atoms with Crippen molar-refractivity contribution in [3.8, 4) is 5.69 Å². The molecule has 2 N–H and O–H groups in total. The molecule has 0 radical (unpaired) electrons. The number of amides is 1. The van der Waals surface area contributed by atoms with Crippen LogP contribution in [0.4, 0.5) is 5.69 Å². The molecule has 0 aliphatic rings. The van der Waals surface area contributed by atoms with Gasteiger partial charge in [0.15, 0.2) is 6.29 Å². The lowest BCUT2D eigenvalue weighted by atomic mass is 10.2. The lowest BCUT2D eigenvalue weighted by Gasteiger charge is -2.02. The van der Waals surface area contributed by atoms with E-state index in [0.29, 0.717) is 12.0 Å². The zero-order chi connectivity index (χ0) is 14.0. The summed E-state index contributed by atoms with van der Waals surface area (Å²) in [5, 5.41) is 14.6. The number of carbonyl (C=O) groups is 2. The van der Waals surface area contributed by atoms with E-state index in [-0.39, 0.29) is 16.8 Å². The van der Waals surface area contributed by atoms with Crippen LogP contribution in [0.25, 0.3) is 5.69 Å². The predicted octanol–water partition coefficient (Wildman–Crippen LogP) is 0.692. The van der Waals surface area contributed by atoms with Gasteiger partial charge in [0.05, 0.1) is 27.9 Å². The second-order valence-corrected chi connectivity index (χ2v) is 3.66. The second-order valence-electron chi connectivity index (χ2n) is 3.66. The Kier molecular flexibility index (Phi) is 3.06. The van der Waals surface area contributed by atoms with Gasteiger partial charge in [0, 0.05) is 12.3 Å². The molecule has 0 fully saturated rings. The summed E-state index contributed by atoms with van der Waals surface area (Å²) in [5.74, 6) is -0.635. The Morgan fingerprint density at radius 2 is 2.21 bits per heavy atom. The molecule has 0 aliphatic carbocycles. The van der Waals surface area contributed by atoms with E-state index in [9.17, 15) is 19.7 Å². The zero-order valence-electron chi connectivity index (χ0n) is 9.52. The first kappa shape index (κ1) is 12.4. The molecule has 2 aromatic rings. The van der Waals surface area contributed by atoms with Gasteiger partial charge >= 0.3 is 0 Å². The molecule has 0 atom stereocenters. The molecular formula is C11H8N4O4. The molecular weight excluding hydrogens is 252 g/mol. The van der Waals surface area contributed by atoms with Gasteiger partial charge in [-0.25, -0.2) is 4.68 Å². The van der Waals surface area contributed by atoms with E-state index in [1.807, 2.05) is 0 Å². The fraction of sp³-hybridized carbons (Fsp3) is 0. The highest BCUT2D eigenvalue weighted by molar-refractivity contribution is 5.92. The first-order chi connectivity index (χ1) is 9.02. The van der Waals surface area contributed by atoms with Crippen LogP contribution in [0.2, 0.25) is 0 Å². The quantitative estimate of drug-likeness (QED) is 0.492. The molecule has 96 valence electrons. The summed E-state index contributed by atoms with van der Waals surface area (Å²) in [4.78, 5) is 31.8. The maximum Gasteiger partial charge on any atom is 0.280 e. The van der Waals surface area contributed by atoms with Gasteiger partial charge < -0.3 is 5.73 Å². The number of primary amides is 1. The molecule has 1 aromatic carbocycles. The van der Waals surface area contributed by atoms with E-state index in [1.54, 1.807) is 0 Å². The third-order valence-electron chi connectivity index (χ3n) is 2.47. The van der Waals surface area contributed by atoms with Crippen molar-refractivity contribution in [3.05, 3.63) is 51.8 Å². The standard InChI is InChI=1S/C11H8N4O4/c12-11(17)8-4-13-14(5-8)9-1-2-10(15(18)19)7(3-9)6-16/h1-6H,(H2,12,17). The molecule has 0 aliphatic heterocycles. The summed E-state index contributed by atoms with van der Waals surface area (Å²) < 4.78 is 1.30. The molecule has 19 heavy (non-hydrogen) atoms. The van der Waals surface area contributed by atoms with E-state index >= 15 is 0 Å². The van der Waals surface area contributed by atoms with Crippen LogP contribution in [0.3, 0.4) is 0 Å². The number of nitrogens with two attached hydrogens (primary N) is 1. The van der Waals surface area contributed by atoms with Gasteiger partial charge in [-0.05, 0) is 12.1 Å². The van der Waals surface area contributed by atoms with Crippen molar-refractivity contribution in [2.75, 3.05) is 0 Å². The molecule has 0 saturated carbocycles. The number of nitro groups is 1. The van der Waals surface area contributed by atoms with Gasteiger partial charge in [-0.1, -0.05) is 0 Å². The Morgan fingerprint density at radius 1 is 1.47 bits per heavy atom. The predicted molar refractivity (Wildman–Crippen MR) is 64.1 cm³/mol. The highest BCUT2D eigenvalue weighted by atomic mass is 16.6. The van der Waals surface area contributed by atoms with Gasteiger partial charge in [-0.3, -0.25) is 19.7 Å². The number of nitrogens with zero attached hydrogens (tertiary/aromatic N) is 3. The van der Waals surface area contributed by atoms with Crippen molar-refractivity contribution in [1.29, 1.82) is 0 Å². The molecule has 1 aromatic heterocycles. The minimum absolute atomic E-state index is 0.0707. The first-order valence-electron chi connectivity index (χ1n) is 5.11. The van der Waals surface area contributed by atoms with E-state index in [4.69, 9.17) is 5.73 Å². The maximum absolute atomic E-state index is 10.9. The summed E-state index contributed by atoms with van der Waals surface area (Å²) in [6.45, 7) is 0. The van der Waals surface area contributed by atoms with Crippen LogP contribution < -0.4 is 5.73 Å². The van der Waals surface area contributed by atoms with Gasteiger partial charge in [0.25, 0.3) is 11.6 Å². The summed E-state index contributed by atoms with van der Waals surface area (Å²) in [7, 11) is 0. The number of rotatable bonds is 4. The van der Waals surface area contributed by atoms with Crippen LogP contribution >= 0.6 is 0 Å². The molecule has 1 heterocycles. The zero-order valence-corrected chi connectivity index (χ0v) is 9.52. The SMILES string of the molecule is NC(=O)c1cnn(-c2ccc([N+](=O)[O-])c(C=O)c2)c1. The third kappa shape index (κ3) is 2.32. The molecule has 8 nitrogen and oxygen atoms in total. The number of hydrogen-bond acceptors (Lipinski definition) is 5. The lowest BCUT2D eigenvalue weighted by molar-refractivity contribution is -0.385. The monoisotopic (exact) mass is 260 g/mol. The fourth-order valence-corrected chi connectivity index (χ4v) is 1.54. The Morgan fingerprint density at radius 3 is 2.74 bits per heavy atom. The van der Waals surface area contributed by atoms with Crippen LogP contribution in [0.1, 0.15) is 20.7 Å². The molecule has 2 rings (SSSR count). The Balaban J connectivity index is 2.48. The van der Waals surface area contributed by atoms with Crippen LogP contribution in [-0.4, -0.2) is 26.9 Å². The van der Waals surface area contributed by atoms with Crippen LogP contribution in [0.15, 0.2) is 30.6 Å². The van der Waals surface area contributed by atoms with Crippen molar-refractivity contribution < 1.29 is 14.5 Å². The second kappa shape index (κ2) is 4.69. The summed E-state index contributed by atoms with van der Waals surface area (Å²) in [6, 6.07) is 3.93. The Labute approximate surface area is 106 Å². The third-order valence-corrected chi connectivity index (χ3v) is 2.47. The average molecular weight is 260 g/mol. The smallest absolute Gasteiger partial charge is 0.280 e. The molecule has 0 bridgehead atoms. The molecule has 0 spiro atoms. The van der Waals surface area contributed by atoms with Gasteiger partial charge in [0.2, 0.25) is 0 Å². The van der Waals surface area contributed by atoms with E-state index in [0.717, 1.165) is 0 Å². The van der Waals surface area contributed by atoms with E-state index in [2.05, 4.69) is 5.10 Å². The van der Waals surface area contributed by atoms with Crippen molar-refractivity contribution in [1.82, 2.24) is 9.78 Å². The Bertz CT molecular complexity index is 677. The summed E-state index contributed by atoms with van der Waals surface area (Å²) in [5.41, 5.74) is 5.34.